The Bertz CT molecular complexity index is 902. The average molecular weight is 364 g/mol. The van der Waals surface area contributed by atoms with Crippen molar-refractivity contribution in [2.75, 3.05) is 13.1 Å². The second-order valence-corrected chi connectivity index (χ2v) is 8.88. The number of hydrogen-bond donors (Lipinski definition) is 1. The molecule has 1 fully saturated rings. The molecule has 0 atom stereocenters. The Morgan fingerprint density at radius 3 is 2.62 bits per heavy atom. The third-order valence-electron chi connectivity index (χ3n) is 3.87. The number of Topliss-reactive ketones (excluding diaryl/α,β-unsaturated/α-hetero) is 1. The Balaban J connectivity index is 1.84. The Morgan fingerprint density at radius 1 is 1.21 bits per heavy atom. The molecule has 0 unspecified atom stereocenters. The summed E-state index contributed by atoms with van der Waals surface area (Å²) in [5.74, 6) is -0.573. The summed E-state index contributed by atoms with van der Waals surface area (Å²) in [5, 5.41) is 0. The lowest BCUT2D eigenvalue weighted by molar-refractivity contribution is -0.116. The van der Waals surface area contributed by atoms with E-state index in [1.807, 2.05) is 6.07 Å². The van der Waals surface area contributed by atoms with Gasteiger partial charge in [-0.3, -0.25) is 9.59 Å². The first kappa shape index (κ1) is 16.8. The molecule has 2 aromatic rings. The molecule has 1 aliphatic rings. The summed E-state index contributed by atoms with van der Waals surface area (Å²) in [4.78, 5) is 23.6. The van der Waals surface area contributed by atoms with Crippen LogP contribution in [0.1, 0.15) is 27.2 Å². The predicted molar refractivity (Wildman–Crippen MR) is 90.5 cm³/mol. The van der Waals surface area contributed by atoms with E-state index in [9.17, 15) is 18.0 Å². The highest BCUT2D eigenvalue weighted by molar-refractivity contribution is 7.91. The molecule has 24 heavy (non-hydrogen) atoms. The molecule has 0 aliphatic carbocycles. The van der Waals surface area contributed by atoms with Crippen LogP contribution < -0.4 is 5.73 Å². The summed E-state index contributed by atoms with van der Waals surface area (Å²) >= 11 is 1.15. The van der Waals surface area contributed by atoms with Crippen molar-refractivity contribution in [2.24, 2.45) is 5.73 Å². The highest BCUT2D eigenvalue weighted by Crippen LogP contribution is 2.28. The lowest BCUT2D eigenvalue weighted by Gasteiger charge is -2.12. The number of sulfonamides is 1. The fourth-order valence-corrected chi connectivity index (χ4v) is 5.59. The van der Waals surface area contributed by atoms with Gasteiger partial charge < -0.3 is 5.73 Å². The number of primary amides is 1. The summed E-state index contributed by atoms with van der Waals surface area (Å²) < 4.78 is 26.5. The first-order valence-corrected chi connectivity index (χ1v) is 9.62. The quantitative estimate of drug-likeness (QED) is 0.867. The Kier molecular flexibility index (Phi) is 4.53. The summed E-state index contributed by atoms with van der Waals surface area (Å²) in [7, 11) is -3.63. The van der Waals surface area contributed by atoms with E-state index in [2.05, 4.69) is 0 Å². The van der Waals surface area contributed by atoms with Crippen LogP contribution in [0.5, 0.6) is 0 Å². The zero-order valence-electron chi connectivity index (χ0n) is 12.8. The minimum atomic E-state index is -3.63. The minimum Gasteiger partial charge on any atom is -0.366 e. The van der Waals surface area contributed by atoms with Crippen LogP contribution in [0.25, 0.3) is 0 Å². The van der Waals surface area contributed by atoms with Crippen LogP contribution in [-0.4, -0.2) is 37.5 Å². The molecule has 1 saturated heterocycles. The van der Waals surface area contributed by atoms with Gasteiger partial charge in [0.05, 0.1) is 6.54 Å². The summed E-state index contributed by atoms with van der Waals surface area (Å²) in [6.07, 6.45) is 0.696. The van der Waals surface area contributed by atoms with E-state index in [-0.39, 0.29) is 29.5 Å². The topological polar surface area (TPSA) is 97.5 Å². The van der Waals surface area contributed by atoms with Crippen molar-refractivity contribution in [2.45, 2.75) is 17.1 Å². The van der Waals surface area contributed by atoms with Gasteiger partial charge in [-0.05, 0) is 23.8 Å². The normalized spacial score (nSPS) is 15.8. The highest BCUT2D eigenvalue weighted by atomic mass is 32.2. The second-order valence-electron chi connectivity index (χ2n) is 5.55. The molecule has 1 amide bonds. The number of ketones is 1. The van der Waals surface area contributed by atoms with Crippen LogP contribution in [0.2, 0.25) is 0 Å². The zero-order valence-corrected chi connectivity index (χ0v) is 14.4. The van der Waals surface area contributed by atoms with Gasteiger partial charge in [-0.15, -0.1) is 11.3 Å². The molecule has 1 aromatic carbocycles. The van der Waals surface area contributed by atoms with Gasteiger partial charge in [0, 0.05) is 29.8 Å². The van der Waals surface area contributed by atoms with Crippen LogP contribution in [0.15, 0.2) is 40.6 Å². The molecular weight excluding hydrogens is 348 g/mol. The molecule has 0 spiro atoms. The molecule has 6 nitrogen and oxygen atoms in total. The molecule has 0 saturated carbocycles. The standard InChI is InChI=1S/C16H16N2O4S2/c17-16(20)14-4-2-1-3-11(14)9-13-5-6-15(23-13)24(21,22)18-8-7-12(19)10-18/h1-6H,7-10H2,(H2,17,20). The number of amides is 1. The first-order valence-electron chi connectivity index (χ1n) is 7.36. The lowest BCUT2D eigenvalue weighted by Crippen LogP contribution is -2.28. The van der Waals surface area contributed by atoms with E-state index < -0.39 is 15.9 Å². The van der Waals surface area contributed by atoms with Crippen molar-refractivity contribution < 1.29 is 18.0 Å². The van der Waals surface area contributed by atoms with E-state index in [4.69, 9.17) is 5.73 Å². The van der Waals surface area contributed by atoms with Crippen LogP contribution >= 0.6 is 11.3 Å². The molecule has 0 radical (unpaired) electrons. The van der Waals surface area contributed by atoms with Gasteiger partial charge in [-0.1, -0.05) is 18.2 Å². The van der Waals surface area contributed by atoms with Gasteiger partial charge in [-0.2, -0.15) is 4.31 Å². The fourth-order valence-electron chi connectivity index (χ4n) is 2.63. The number of carbonyl (C=O) groups excluding carboxylic acids is 2. The largest absolute Gasteiger partial charge is 0.366 e. The van der Waals surface area contributed by atoms with Crippen LogP contribution in [0.3, 0.4) is 0 Å². The second kappa shape index (κ2) is 6.46. The third-order valence-corrected chi connectivity index (χ3v) is 7.27. The van der Waals surface area contributed by atoms with E-state index in [1.54, 1.807) is 30.3 Å². The van der Waals surface area contributed by atoms with E-state index in [1.165, 1.54) is 4.31 Å². The molecule has 0 bridgehead atoms. The number of carbonyl (C=O) groups is 2. The molecule has 8 heteroatoms. The van der Waals surface area contributed by atoms with Gasteiger partial charge in [0.2, 0.25) is 5.91 Å². The van der Waals surface area contributed by atoms with Gasteiger partial charge in [0.25, 0.3) is 10.0 Å². The molecular formula is C16H16N2O4S2. The molecule has 3 rings (SSSR count). The number of nitrogens with zero attached hydrogens (tertiary/aromatic N) is 1. The minimum absolute atomic E-state index is 0.0555. The Hall–Kier alpha value is -2.03. The molecule has 2 heterocycles. The van der Waals surface area contributed by atoms with E-state index in [0.717, 1.165) is 21.8 Å². The first-order chi connectivity index (χ1) is 11.4. The molecule has 126 valence electrons. The average Bonchev–Trinajstić information content (AvgIpc) is 3.17. The van der Waals surface area contributed by atoms with E-state index >= 15 is 0 Å². The Morgan fingerprint density at radius 2 is 1.96 bits per heavy atom. The number of hydrogen-bond acceptors (Lipinski definition) is 5. The number of nitrogens with two attached hydrogens (primary N) is 1. The van der Waals surface area contributed by atoms with Crippen molar-refractivity contribution in [3.05, 3.63) is 52.4 Å². The lowest BCUT2D eigenvalue weighted by atomic mass is 10.0. The van der Waals surface area contributed by atoms with E-state index in [0.29, 0.717) is 12.0 Å². The number of benzene rings is 1. The summed E-state index contributed by atoms with van der Waals surface area (Å²) in [6, 6.07) is 10.3. The number of thiophene rings is 1. The van der Waals surface area contributed by atoms with Crippen LogP contribution in [0, 0.1) is 0 Å². The van der Waals surface area contributed by atoms with Crippen molar-refractivity contribution in [1.29, 1.82) is 0 Å². The zero-order chi connectivity index (χ0) is 17.3. The molecule has 1 aliphatic heterocycles. The Labute approximate surface area is 143 Å². The summed E-state index contributed by atoms with van der Waals surface area (Å²) in [5.41, 5.74) is 6.56. The maximum atomic E-state index is 12.5. The smallest absolute Gasteiger partial charge is 0.252 e. The van der Waals surface area contributed by atoms with Crippen molar-refractivity contribution in [1.82, 2.24) is 4.31 Å². The highest BCUT2D eigenvalue weighted by Gasteiger charge is 2.32. The fraction of sp³-hybridized carbons (Fsp3) is 0.250. The van der Waals surface area contributed by atoms with Crippen molar-refractivity contribution >= 4 is 33.1 Å². The van der Waals surface area contributed by atoms with Gasteiger partial charge in [0.1, 0.15) is 9.99 Å². The molecule has 1 aromatic heterocycles. The number of rotatable bonds is 5. The SMILES string of the molecule is NC(=O)c1ccccc1Cc1ccc(S(=O)(=O)N2CCC(=O)C2)s1. The molecule has 2 N–H and O–H groups in total. The third kappa shape index (κ3) is 3.26. The van der Waals surface area contributed by atoms with Crippen molar-refractivity contribution in [3.8, 4) is 0 Å². The van der Waals surface area contributed by atoms with Crippen molar-refractivity contribution in [3.63, 3.8) is 0 Å². The monoisotopic (exact) mass is 364 g/mol. The van der Waals surface area contributed by atoms with Gasteiger partial charge in [0.15, 0.2) is 0 Å². The maximum Gasteiger partial charge on any atom is 0.252 e. The maximum absolute atomic E-state index is 12.5. The van der Waals surface area contributed by atoms with Crippen LogP contribution in [0.4, 0.5) is 0 Å². The predicted octanol–water partition coefficient (Wildman–Crippen LogP) is 1.40. The summed E-state index contributed by atoms with van der Waals surface area (Å²) in [6.45, 7) is 0.180. The van der Waals surface area contributed by atoms with Gasteiger partial charge in [-0.25, -0.2) is 8.42 Å². The van der Waals surface area contributed by atoms with Crippen LogP contribution in [-0.2, 0) is 21.2 Å². The van der Waals surface area contributed by atoms with Gasteiger partial charge >= 0.3 is 0 Å².